The van der Waals surface area contributed by atoms with Gasteiger partial charge in [-0.15, -0.1) is 0 Å². The molecule has 4 heterocycles. The maximum Gasteiger partial charge on any atom is 0.164 e. The number of hydrogen-bond donors (Lipinski definition) is 0. The van der Waals surface area contributed by atoms with Crippen LogP contribution in [0.3, 0.4) is 0 Å². The first kappa shape index (κ1) is 28.2. The zero-order valence-corrected chi connectivity index (χ0v) is 26.7. The molecule has 0 aliphatic carbocycles. The van der Waals surface area contributed by atoms with E-state index in [1.54, 1.807) is 0 Å². The van der Waals surface area contributed by atoms with Crippen LogP contribution in [0.25, 0.3) is 100 Å². The third-order valence-electron chi connectivity index (χ3n) is 9.45. The molecule has 0 radical (unpaired) electrons. The number of pyridine rings is 1. The van der Waals surface area contributed by atoms with E-state index in [1.165, 1.54) is 0 Å². The molecule has 10 aromatic rings. The number of hydrogen-bond acceptors (Lipinski definition) is 5. The van der Waals surface area contributed by atoms with E-state index in [9.17, 15) is 0 Å². The Morgan fingerprint density at radius 3 is 1.74 bits per heavy atom. The molecule has 234 valence electrons. The highest BCUT2D eigenvalue weighted by Gasteiger charge is 2.21. The normalized spacial score (nSPS) is 11.6. The molecule has 4 aromatic heterocycles. The van der Waals surface area contributed by atoms with Crippen molar-refractivity contribution in [2.75, 3.05) is 0 Å². The van der Waals surface area contributed by atoms with Gasteiger partial charge in [0.2, 0.25) is 0 Å². The Kier molecular flexibility index (Phi) is 6.42. The molecule has 50 heavy (non-hydrogen) atoms. The summed E-state index contributed by atoms with van der Waals surface area (Å²) in [4.78, 5) is 14.5. The topological polar surface area (TPSA) is 65.0 Å². The summed E-state index contributed by atoms with van der Waals surface area (Å²) >= 11 is 0. The van der Waals surface area contributed by atoms with Gasteiger partial charge in [-0.3, -0.25) is 4.98 Å². The number of fused-ring (bicyclic) bond motifs is 6. The number of nitrogens with zero attached hydrogens (tertiary/aromatic N) is 3. The molecule has 10 rings (SSSR count). The average molecular weight is 642 g/mol. The molecule has 0 bridgehead atoms. The number of benzene rings is 6. The van der Waals surface area contributed by atoms with E-state index in [4.69, 9.17) is 18.8 Å². The van der Waals surface area contributed by atoms with Crippen LogP contribution in [0.1, 0.15) is 0 Å². The van der Waals surface area contributed by atoms with Crippen molar-refractivity contribution in [1.29, 1.82) is 0 Å². The number of furan rings is 2. The van der Waals surface area contributed by atoms with Crippen LogP contribution in [0.5, 0.6) is 0 Å². The van der Waals surface area contributed by atoms with Crippen LogP contribution in [0.4, 0.5) is 0 Å². The van der Waals surface area contributed by atoms with Crippen molar-refractivity contribution >= 4 is 43.9 Å². The molecule has 0 aliphatic heterocycles. The SMILES string of the molecule is c1ccc(-c2cc(-c3ccc(-c4ccncc4)cc3)nc(-c3ccc(-c4ccc5c(c4)oc4ccccc45)c4c3oc3ccccc34)n2)cc1. The maximum absolute atomic E-state index is 6.68. The molecule has 0 fully saturated rings. The number of aromatic nitrogens is 3. The molecule has 0 spiro atoms. The van der Waals surface area contributed by atoms with Crippen LogP contribution in [-0.2, 0) is 0 Å². The lowest BCUT2D eigenvalue weighted by Crippen LogP contribution is -1.96. The Labute approximate surface area is 287 Å². The quantitative estimate of drug-likeness (QED) is 0.187. The predicted molar refractivity (Wildman–Crippen MR) is 202 cm³/mol. The van der Waals surface area contributed by atoms with E-state index in [0.29, 0.717) is 5.82 Å². The Bertz CT molecular complexity index is 2850. The lowest BCUT2D eigenvalue weighted by atomic mass is 9.96. The summed E-state index contributed by atoms with van der Waals surface area (Å²) in [5.41, 5.74) is 12.2. The second-order valence-electron chi connectivity index (χ2n) is 12.4. The second kappa shape index (κ2) is 11.4. The second-order valence-corrected chi connectivity index (χ2v) is 12.4. The molecule has 0 atom stereocenters. The monoisotopic (exact) mass is 641 g/mol. The molecule has 0 saturated heterocycles. The van der Waals surface area contributed by atoms with Gasteiger partial charge in [-0.05, 0) is 70.8 Å². The fourth-order valence-corrected chi connectivity index (χ4v) is 6.99. The Morgan fingerprint density at radius 1 is 0.380 bits per heavy atom. The van der Waals surface area contributed by atoms with Crippen molar-refractivity contribution in [2.45, 2.75) is 0 Å². The first-order chi connectivity index (χ1) is 24.8. The Morgan fingerprint density at radius 2 is 0.960 bits per heavy atom. The van der Waals surface area contributed by atoms with Crippen LogP contribution in [-0.4, -0.2) is 15.0 Å². The standard InChI is InChI=1S/C45H27N3O2/c1-2-8-30(9-3-1)38-27-39(31-16-14-28(15-17-31)29-22-24-46-25-23-29)48-45(47-38)37-21-20-33(43-36-11-5-7-13-41(36)50-44(37)43)32-18-19-35-34-10-4-6-12-40(34)49-42(35)26-32/h1-27H. The molecule has 6 aromatic carbocycles. The molecular formula is C45H27N3O2. The zero-order chi connectivity index (χ0) is 33.0. The average Bonchev–Trinajstić information content (AvgIpc) is 3.77. The maximum atomic E-state index is 6.68. The van der Waals surface area contributed by atoms with Crippen molar-refractivity contribution in [1.82, 2.24) is 15.0 Å². The minimum atomic E-state index is 0.600. The van der Waals surface area contributed by atoms with Crippen molar-refractivity contribution in [2.24, 2.45) is 0 Å². The van der Waals surface area contributed by atoms with Crippen molar-refractivity contribution in [3.63, 3.8) is 0 Å². The molecule has 0 N–H and O–H groups in total. The first-order valence-corrected chi connectivity index (χ1v) is 16.6. The smallest absolute Gasteiger partial charge is 0.164 e. The first-order valence-electron chi connectivity index (χ1n) is 16.6. The van der Waals surface area contributed by atoms with Crippen LogP contribution in [0.15, 0.2) is 173 Å². The summed E-state index contributed by atoms with van der Waals surface area (Å²) in [6, 6.07) is 51.9. The molecule has 0 saturated carbocycles. The van der Waals surface area contributed by atoms with Gasteiger partial charge in [0.15, 0.2) is 5.82 Å². The fourth-order valence-electron chi connectivity index (χ4n) is 6.99. The van der Waals surface area contributed by atoms with Crippen molar-refractivity contribution in [3.8, 4) is 56.2 Å². The molecule has 0 aliphatic rings. The summed E-state index contributed by atoms with van der Waals surface area (Å²) < 4.78 is 13.0. The third kappa shape index (κ3) is 4.67. The van der Waals surface area contributed by atoms with Gasteiger partial charge >= 0.3 is 0 Å². The summed E-state index contributed by atoms with van der Waals surface area (Å²) in [6.45, 7) is 0. The van der Waals surface area contributed by atoms with E-state index in [2.05, 4.69) is 96.0 Å². The minimum Gasteiger partial charge on any atom is -0.456 e. The molecule has 0 unspecified atom stereocenters. The molecule has 5 heteroatoms. The predicted octanol–water partition coefficient (Wildman–Crippen LogP) is 12.0. The number of para-hydroxylation sites is 2. The van der Waals surface area contributed by atoms with E-state index >= 15 is 0 Å². The largest absolute Gasteiger partial charge is 0.456 e. The van der Waals surface area contributed by atoms with Gasteiger partial charge in [-0.1, -0.05) is 103 Å². The highest BCUT2D eigenvalue weighted by molar-refractivity contribution is 6.16. The van der Waals surface area contributed by atoms with Gasteiger partial charge in [-0.25, -0.2) is 9.97 Å². The molecular weight excluding hydrogens is 615 g/mol. The van der Waals surface area contributed by atoms with E-state index < -0.39 is 0 Å². The van der Waals surface area contributed by atoms with Crippen LogP contribution in [0.2, 0.25) is 0 Å². The Balaban J connectivity index is 1.17. The summed E-state index contributed by atoms with van der Waals surface area (Å²) in [6.07, 6.45) is 3.63. The van der Waals surface area contributed by atoms with Gasteiger partial charge in [-0.2, -0.15) is 0 Å². The number of rotatable bonds is 5. The van der Waals surface area contributed by atoms with Crippen molar-refractivity contribution in [3.05, 3.63) is 164 Å². The summed E-state index contributed by atoms with van der Waals surface area (Å²) in [5, 5.41) is 4.27. The summed E-state index contributed by atoms with van der Waals surface area (Å²) in [7, 11) is 0. The molecule has 5 nitrogen and oxygen atoms in total. The fraction of sp³-hybridized carbons (Fsp3) is 0. The van der Waals surface area contributed by atoms with Gasteiger partial charge < -0.3 is 8.83 Å². The van der Waals surface area contributed by atoms with Crippen molar-refractivity contribution < 1.29 is 8.83 Å². The highest BCUT2D eigenvalue weighted by Crippen LogP contribution is 2.43. The lowest BCUT2D eigenvalue weighted by Gasteiger charge is -2.12. The van der Waals surface area contributed by atoms with Crippen LogP contribution in [0, 0.1) is 0 Å². The molecule has 0 amide bonds. The van der Waals surface area contributed by atoms with Crippen LogP contribution >= 0.6 is 0 Å². The zero-order valence-electron chi connectivity index (χ0n) is 26.7. The minimum absolute atomic E-state index is 0.600. The van der Waals surface area contributed by atoms with Gasteiger partial charge in [0.1, 0.15) is 22.3 Å². The van der Waals surface area contributed by atoms with Crippen LogP contribution < -0.4 is 0 Å². The van der Waals surface area contributed by atoms with Gasteiger partial charge in [0.05, 0.1) is 17.0 Å². The highest BCUT2D eigenvalue weighted by atomic mass is 16.3. The Hall–Kier alpha value is -6.85. The lowest BCUT2D eigenvalue weighted by molar-refractivity contribution is 0.668. The van der Waals surface area contributed by atoms with E-state index in [1.807, 2.05) is 73.1 Å². The van der Waals surface area contributed by atoms with E-state index in [-0.39, 0.29) is 0 Å². The summed E-state index contributed by atoms with van der Waals surface area (Å²) in [5.74, 6) is 0.600. The third-order valence-corrected chi connectivity index (χ3v) is 9.45. The van der Waals surface area contributed by atoms with Gasteiger partial charge in [0.25, 0.3) is 0 Å². The van der Waals surface area contributed by atoms with Gasteiger partial charge in [0, 0.05) is 45.1 Å². The van der Waals surface area contributed by atoms with E-state index in [0.717, 1.165) is 94.2 Å².